The molecule has 188 valence electrons. The fraction of sp³-hybridized carbons (Fsp3) is 0.640. The third-order valence-corrected chi connectivity index (χ3v) is 6.76. The van der Waals surface area contributed by atoms with Crippen LogP contribution < -0.4 is 5.32 Å². The maximum Gasteiger partial charge on any atom is 0.334 e. The van der Waals surface area contributed by atoms with Gasteiger partial charge >= 0.3 is 6.03 Å². The Morgan fingerprint density at radius 3 is 2.21 bits per heavy atom. The van der Waals surface area contributed by atoms with Crippen molar-refractivity contribution in [1.82, 2.24) is 25.1 Å². The van der Waals surface area contributed by atoms with Crippen molar-refractivity contribution in [2.75, 3.05) is 26.7 Å². The van der Waals surface area contributed by atoms with E-state index in [9.17, 15) is 18.8 Å². The molecule has 0 radical (unpaired) electrons. The summed E-state index contributed by atoms with van der Waals surface area (Å²) in [6.45, 7) is 4.98. The van der Waals surface area contributed by atoms with Crippen LogP contribution in [0.3, 0.4) is 0 Å². The number of unbranched alkanes of at least 4 members (excludes halogenated alkanes) is 1. The first-order chi connectivity index (χ1) is 16.3. The van der Waals surface area contributed by atoms with E-state index in [-0.39, 0.29) is 49.3 Å². The zero-order valence-electron chi connectivity index (χ0n) is 20.6. The van der Waals surface area contributed by atoms with Crippen LogP contribution in [0.1, 0.15) is 64.4 Å². The van der Waals surface area contributed by atoms with Crippen LogP contribution in [0.4, 0.5) is 9.18 Å². The Hall–Kier alpha value is -2.68. The van der Waals surface area contributed by atoms with Crippen LogP contribution in [0.5, 0.6) is 0 Å². The lowest BCUT2D eigenvalue weighted by Crippen LogP contribution is -2.74. The Bertz CT molecular complexity index is 841. The Morgan fingerprint density at radius 1 is 0.971 bits per heavy atom. The van der Waals surface area contributed by atoms with Gasteiger partial charge in [0.05, 0.1) is 13.1 Å². The van der Waals surface area contributed by atoms with Crippen molar-refractivity contribution in [1.29, 1.82) is 0 Å². The smallest absolute Gasteiger partial charge is 0.334 e. The highest BCUT2D eigenvalue weighted by Crippen LogP contribution is 2.28. The molecule has 4 rings (SSSR count). The molecule has 8 nitrogen and oxygen atoms in total. The highest BCUT2D eigenvalue weighted by atomic mass is 19.1. The molecule has 3 aliphatic rings. The van der Waals surface area contributed by atoms with Gasteiger partial charge in [-0.05, 0) is 30.5 Å². The first-order valence-corrected chi connectivity index (χ1v) is 12.5. The Morgan fingerprint density at radius 2 is 1.59 bits per heavy atom. The summed E-state index contributed by atoms with van der Waals surface area (Å²) >= 11 is 0. The maximum atomic E-state index is 13.1. The van der Waals surface area contributed by atoms with Gasteiger partial charge in [0.15, 0.2) is 0 Å². The quantitative estimate of drug-likeness (QED) is 0.725. The average molecular weight is 476 g/mol. The number of benzene rings is 1. The molecule has 9 heteroatoms. The van der Waals surface area contributed by atoms with Gasteiger partial charge in [-0.1, -0.05) is 58.1 Å². The number of carbonyl (C=O) groups excluding carboxylic acids is 3. The fourth-order valence-electron chi connectivity index (χ4n) is 4.67. The first kappa shape index (κ1) is 25.9. The summed E-state index contributed by atoms with van der Waals surface area (Å²) < 4.78 is 13.1. The SMILES string of the molecule is CCCC.CN1CC(=O)N2CC(=O)N(C3CCCCC3)CC2N1C(=O)NCc1ccc(F)cc1. The van der Waals surface area contributed by atoms with Crippen molar-refractivity contribution in [3.05, 3.63) is 35.6 Å². The van der Waals surface area contributed by atoms with E-state index in [1.54, 1.807) is 24.2 Å². The van der Waals surface area contributed by atoms with Crippen molar-refractivity contribution in [3.8, 4) is 0 Å². The molecule has 1 unspecified atom stereocenters. The minimum Gasteiger partial charge on any atom is -0.334 e. The van der Waals surface area contributed by atoms with E-state index in [0.29, 0.717) is 6.54 Å². The van der Waals surface area contributed by atoms with Crippen LogP contribution in [0, 0.1) is 5.82 Å². The molecule has 0 spiro atoms. The topological polar surface area (TPSA) is 76.2 Å². The number of carbonyl (C=O) groups is 3. The van der Waals surface area contributed by atoms with E-state index >= 15 is 0 Å². The van der Waals surface area contributed by atoms with Crippen LogP contribution in [-0.4, -0.2) is 76.6 Å². The first-order valence-electron chi connectivity index (χ1n) is 12.5. The van der Waals surface area contributed by atoms with E-state index < -0.39 is 6.17 Å². The van der Waals surface area contributed by atoms with Gasteiger partial charge in [-0.15, -0.1) is 0 Å². The molecular formula is C25H38FN5O3. The lowest BCUT2D eigenvalue weighted by Gasteiger charge is -2.53. The maximum absolute atomic E-state index is 13.1. The van der Waals surface area contributed by atoms with E-state index in [1.807, 2.05) is 4.90 Å². The van der Waals surface area contributed by atoms with Gasteiger partial charge < -0.3 is 15.1 Å². The molecule has 1 aromatic rings. The monoisotopic (exact) mass is 475 g/mol. The minimum atomic E-state index is -0.524. The van der Waals surface area contributed by atoms with Crippen molar-refractivity contribution >= 4 is 17.8 Å². The number of nitrogens with zero attached hydrogens (tertiary/aromatic N) is 4. The summed E-state index contributed by atoms with van der Waals surface area (Å²) in [6, 6.07) is 5.78. The number of hydrazine groups is 1. The minimum absolute atomic E-state index is 0.00951. The van der Waals surface area contributed by atoms with E-state index in [0.717, 1.165) is 31.2 Å². The van der Waals surface area contributed by atoms with Gasteiger partial charge in [-0.3, -0.25) is 9.59 Å². The second kappa shape index (κ2) is 12.1. The predicted molar refractivity (Wildman–Crippen MR) is 128 cm³/mol. The molecular weight excluding hydrogens is 437 g/mol. The average Bonchev–Trinajstić information content (AvgIpc) is 2.84. The molecule has 2 saturated heterocycles. The number of nitrogens with one attached hydrogen (secondary N) is 1. The van der Waals surface area contributed by atoms with Crippen molar-refractivity contribution in [2.24, 2.45) is 0 Å². The van der Waals surface area contributed by atoms with Crippen LogP contribution >= 0.6 is 0 Å². The van der Waals surface area contributed by atoms with E-state index in [1.165, 1.54) is 41.3 Å². The Kier molecular flexibility index (Phi) is 9.27. The number of hydrogen-bond acceptors (Lipinski definition) is 4. The van der Waals surface area contributed by atoms with Gasteiger partial charge in [0.1, 0.15) is 18.5 Å². The Labute approximate surface area is 202 Å². The number of halogens is 1. The summed E-state index contributed by atoms with van der Waals surface area (Å²) in [6.07, 6.45) is 7.45. The molecule has 2 aliphatic heterocycles. The van der Waals surface area contributed by atoms with E-state index in [4.69, 9.17) is 0 Å². The fourth-order valence-corrected chi connectivity index (χ4v) is 4.67. The molecule has 2 heterocycles. The van der Waals surface area contributed by atoms with Gasteiger partial charge in [-0.25, -0.2) is 19.2 Å². The molecule has 1 aliphatic carbocycles. The lowest BCUT2D eigenvalue weighted by atomic mass is 9.93. The van der Waals surface area contributed by atoms with Crippen molar-refractivity contribution in [2.45, 2.75) is 77.5 Å². The summed E-state index contributed by atoms with van der Waals surface area (Å²) in [5, 5.41) is 6.00. The number of fused-ring (bicyclic) bond motifs is 1. The van der Waals surface area contributed by atoms with Crippen molar-refractivity contribution < 1.29 is 18.8 Å². The molecule has 3 fully saturated rings. The lowest BCUT2D eigenvalue weighted by molar-refractivity contribution is -0.180. The second-order valence-corrected chi connectivity index (χ2v) is 9.29. The van der Waals surface area contributed by atoms with E-state index in [2.05, 4.69) is 19.2 Å². The second-order valence-electron chi connectivity index (χ2n) is 9.29. The normalized spacial score (nSPS) is 21.6. The summed E-state index contributed by atoms with van der Waals surface area (Å²) in [5.74, 6) is -0.519. The van der Waals surface area contributed by atoms with Gasteiger partial charge in [0, 0.05) is 19.6 Å². The van der Waals surface area contributed by atoms with Crippen LogP contribution in [0.25, 0.3) is 0 Å². The zero-order chi connectivity index (χ0) is 24.7. The highest BCUT2D eigenvalue weighted by Gasteiger charge is 2.46. The molecule has 4 amide bonds. The molecule has 1 aromatic carbocycles. The number of hydrogen-bond donors (Lipinski definition) is 1. The van der Waals surface area contributed by atoms with Crippen LogP contribution in [0.15, 0.2) is 24.3 Å². The van der Waals surface area contributed by atoms with Gasteiger partial charge in [0.25, 0.3) is 0 Å². The van der Waals surface area contributed by atoms with Gasteiger partial charge in [0.2, 0.25) is 11.8 Å². The molecule has 1 saturated carbocycles. The third-order valence-electron chi connectivity index (χ3n) is 6.76. The standard InChI is InChI=1S/C21H28FN5O3.C4H10/c1-24-13-19(28)26-14-20(29)25(17-5-3-2-4-6-17)12-18(26)27(24)21(30)23-11-15-7-9-16(22)10-8-15;1-3-4-2/h7-10,17-18H,2-6,11-14H2,1H3,(H,23,30);3-4H2,1-2H3. The predicted octanol–water partition coefficient (Wildman–Crippen LogP) is 3.33. The van der Waals surface area contributed by atoms with Gasteiger partial charge in [-0.2, -0.15) is 0 Å². The molecule has 1 atom stereocenters. The molecule has 1 N–H and O–H groups in total. The zero-order valence-corrected chi connectivity index (χ0v) is 20.6. The molecule has 34 heavy (non-hydrogen) atoms. The van der Waals surface area contributed by atoms with Crippen LogP contribution in [0.2, 0.25) is 0 Å². The number of likely N-dealkylation sites (N-methyl/N-ethyl adjacent to an activating group) is 1. The highest BCUT2D eigenvalue weighted by molar-refractivity contribution is 5.89. The largest absolute Gasteiger partial charge is 0.334 e. The number of piperazine rings is 1. The van der Waals surface area contributed by atoms with Crippen LogP contribution in [-0.2, 0) is 16.1 Å². The Balaban J connectivity index is 0.000000751. The molecule has 0 bridgehead atoms. The third kappa shape index (κ3) is 6.25. The summed E-state index contributed by atoms with van der Waals surface area (Å²) in [7, 11) is 1.70. The summed E-state index contributed by atoms with van der Waals surface area (Å²) in [4.78, 5) is 41.7. The summed E-state index contributed by atoms with van der Waals surface area (Å²) in [5.41, 5.74) is 0.778. The molecule has 0 aromatic heterocycles. The number of rotatable bonds is 4. The van der Waals surface area contributed by atoms with Crippen molar-refractivity contribution in [3.63, 3.8) is 0 Å². The number of amides is 4. The number of urea groups is 1.